The number of hydrogen-bond acceptors (Lipinski definition) is 2. The van der Waals surface area contributed by atoms with Crippen LogP contribution in [0.1, 0.15) is 22.5 Å². The summed E-state index contributed by atoms with van der Waals surface area (Å²) in [5.41, 5.74) is 3.71. The second kappa shape index (κ2) is 6.88. The molecule has 4 rings (SSSR count). The van der Waals surface area contributed by atoms with Crippen molar-refractivity contribution in [3.8, 4) is 0 Å². The molecule has 128 valence electrons. The van der Waals surface area contributed by atoms with Gasteiger partial charge in [-0.3, -0.25) is 10.1 Å². The van der Waals surface area contributed by atoms with Gasteiger partial charge in [0.05, 0.1) is 16.9 Å². The third-order valence-corrected chi connectivity index (χ3v) is 4.18. The number of fused-ring (bicyclic) bond motifs is 1. The van der Waals surface area contributed by atoms with Gasteiger partial charge < -0.3 is 0 Å². The Morgan fingerprint density at radius 3 is 2.73 bits per heavy atom. The molecule has 0 amide bonds. The third-order valence-electron chi connectivity index (χ3n) is 4.18. The zero-order valence-electron chi connectivity index (χ0n) is 13.8. The van der Waals surface area contributed by atoms with Crippen molar-refractivity contribution in [3.05, 3.63) is 94.9 Å². The fourth-order valence-electron chi connectivity index (χ4n) is 2.86. The van der Waals surface area contributed by atoms with Gasteiger partial charge in [-0.25, -0.2) is 8.78 Å². The first-order valence-corrected chi connectivity index (χ1v) is 8.20. The van der Waals surface area contributed by atoms with Crippen molar-refractivity contribution in [1.82, 2.24) is 15.2 Å². The van der Waals surface area contributed by atoms with Gasteiger partial charge in [0.1, 0.15) is 0 Å². The molecular formula is C21H15F2N3. The highest BCUT2D eigenvalue weighted by Crippen LogP contribution is 2.22. The van der Waals surface area contributed by atoms with Gasteiger partial charge in [-0.1, -0.05) is 24.3 Å². The van der Waals surface area contributed by atoms with Crippen LogP contribution in [-0.4, -0.2) is 15.2 Å². The molecule has 0 atom stereocenters. The van der Waals surface area contributed by atoms with Crippen molar-refractivity contribution in [1.29, 1.82) is 0 Å². The molecule has 0 aliphatic rings. The highest BCUT2D eigenvalue weighted by Gasteiger charge is 2.10. The number of nitrogens with zero attached hydrogens (tertiary/aromatic N) is 2. The molecule has 1 N–H and O–H groups in total. The normalized spacial score (nSPS) is 11.5. The van der Waals surface area contributed by atoms with Crippen LogP contribution in [0, 0.1) is 11.6 Å². The maximum atomic E-state index is 13.9. The monoisotopic (exact) mass is 347 g/mol. The van der Waals surface area contributed by atoms with Gasteiger partial charge in [-0.2, -0.15) is 5.10 Å². The zero-order chi connectivity index (χ0) is 17.9. The number of H-pyrrole nitrogens is 1. The quantitative estimate of drug-likeness (QED) is 0.565. The summed E-state index contributed by atoms with van der Waals surface area (Å²) < 4.78 is 27.3. The lowest BCUT2D eigenvalue weighted by Crippen LogP contribution is -1.95. The predicted molar refractivity (Wildman–Crippen MR) is 98.4 cm³/mol. The van der Waals surface area contributed by atoms with E-state index in [1.165, 1.54) is 6.07 Å². The first-order valence-electron chi connectivity index (χ1n) is 8.20. The molecule has 0 radical (unpaired) electrons. The van der Waals surface area contributed by atoms with Gasteiger partial charge in [0.15, 0.2) is 11.6 Å². The average Bonchev–Trinajstić information content (AvgIpc) is 3.07. The fraction of sp³-hybridized carbons (Fsp3) is 0.0476. The number of aromatic nitrogens is 3. The van der Waals surface area contributed by atoms with Crippen LogP contribution in [0.15, 0.2) is 60.8 Å². The van der Waals surface area contributed by atoms with Crippen molar-refractivity contribution in [3.63, 3.8) is 0 Å². The minimum absolute atomic E-state index is 0.314. The average molecular weight is 347 g/mol. The molecule has 26 heavy (non-hydrogen) atoms. The predicted octanol–water partition coefficient (Wildman–Crippen LogP) is 5.00. The van der Waals surface area contributed by atoms with E-state index in [1.807, 2.05) is 48.6 Å². The van der Waals surface area contributed by atoms with Gasteiger partial charge in [-0.05, 0) is 53.6 Å². The summed E-state index contributed by atoms with van der Waals surface area (Å²) in [7, 11) is 0. The molecule has 5 heteroatoms. The molecule has 0 aliphatic carbocycles. The zero-order valence-corrected chi connectivity index (χ0v) is 13.8. The largest absolute Gasteiger partial charge is 0.277 e. The number of halogens is 2. The number of nitrogens with one attached hydrogen (secondary N) is 1. The summed E-state index contributed by atoms with van der Waals surface area (Å²) in [5.74, 6) is -1.62. The Kier molecular flexibility index (Phi) is 4.27. The van der Waals surface area contributed by atoms with Gasteiger partial charge >= 0.3 is 0 Å². The fourth-order valence-corrected chi connectivity index (χ4v) is 2.86. The van der Waals surface area contributed by atoms with E-state index in [0.29, 0.717) is 12.0 Å². The van der Waals surface area contributed by atoms with Crippen LogP contribution < -0.4 is 0 Å². The van der Waals surface area contributed by atoms with Crippen molar-refractivity contribution in [2.24, 2.45) is 0 Å². The summed E-state index contributed by atoms with van der Waals surface area (Å²) in [6, 6.07) is 15.7. The SMILES string of the molecule is Fc1cccc(Cc2ccc3[nH]nc(C=Cc4ccccn4)c3c2)c1F. The van der Waals surface area contributed by atoms with Gasteiger partial charge in [-0.15, -0.1) is 0 Å². The minimum atomic E-state index is -0.828. The van der Waals surface area contributed by atoms with Crippen LogP contribution in [0.3, 0.4) is 0 Å². The number of aromatic amines is 1. The van der Waals surface area contributed by atoms with Crippen LogP contribution in [0.5, 0.6) is 0 Å². The highest BCUT2D eigenvalue weighted by molar-refractivity contribution is 5.89. The van der Waals surface area contributed by atoms with Crippen LogP contribution in [-0.2, 0) is 6.42 Å². The lowest BCUT2D eigenvalue weighted by atomic mass is 10.0. The molecule has 0 fully saturated rings. The van der Waals surface area contributed by atoms with Crippen molar-refractivity contribution in [2.75, 3.05) is 0 Å². The highest BCUT2D eigenvalue weighted by atomic mass is 19.2. The smallest absolute Gasteiger partial charge is 0.162 e. The molecular weight excluding hydrogens is 332 g/mol. The summed E-state index contributed by atoms with van der Waals surface area (Å²) in [6.45, 7) is 0. The van der Waals surface area contributed by atoms with Crippen molar-refractivity contribution in [2.45, 2.75) is 6.42 Å². The molecule has 2 heterocycles. The second-order valence-electron chi connectivity index (χ2n) is 5.97. The molecule has 0 saturated heterocycles. The molecule has 0 bridgehead atoms. The minimum Gasteiger partial charge on any atom is -0.277 e. The third kappa shape index (κ3) is 3.24. The van der Waals surface area contributed by atoms with Crippen LogP contribution in [0.25, 0.3) is 23.1 Å². The van der Waals surface area contributed by atoms with E-state index in [1.54, 1.807) is 12.3 Å². The topological polar surface area (TPSA) is 41.6 Å². The Bertz CT molecular complexity index is 1090. The number of rotatable bonds is 4. The Morgan fingerprint density at radius 1 is 0.962 bits per heavy atom. The summed E-state index contributed by atoms with van der Waals surface area (Å²) in [4.78, 5) is 4.25. The standard InChI is InChI=1S/C21H15F2N3/c22-18-6-3-4-15(21(18)23)12-14-7-9-19-17(13-14)20(26-25-19)10-8-16-5-1-2-11-24-16/h1-11,13H,12H2,(H,25,26). The van der Waals surface area contributed by atoms with Crippen molar-refractivity contribution >= 4 is 23.1 Å². The molecule has 0 unspecified atom stereocenters. The van der Waals surface area contributed by atoms with E-state index < -0.39 is 11.6 Å². The summed E-state index contributed by atoms with van der Waals surface area (Å²) >= 11 is 0. The Labute approximate surface area is 149 Å². The van der Waals surface area contributed by atoms with E-state index >= 15 is 0 Å². The molecule has 0 aliphatic heterocycles. The Hall–Kier alpha value is -3.34. The molecule has 2 aromatic carbocycles. The molecule has 2 aromatic heterocycles. The van der Waals surface area contributed by atoms with Crippen molar-refractivity contribution < 1.29 is 8.78 Å². The first-order chi connectivity index (χ1) is 12.7. The molecule has 0 spiro atoms. The lowest BCUT2D eigenvalue weighted by Gasteiger charge is -2.05. The van der Waals surface area contributed by atoms with E-state index in [2.05, 4.69) is 15.2 Å². The van der Waals surface area contributed by atoms with E-state index in [-0.39, 0.29) is 0 Å². The van der Waals surface area contributed by atoms with E-state index in [9.17, 15) is 8.78 Å². The van der Waals surface area contributed by atoms with E-state index in [4.69, 9.17) is 0 Å². The number of benzene rings is 2. The summed E-state index contributed by atoms with van der Waals surface area (Å²) in [6.07, 6.45) is 5.81. The van der Waals surface area contributed by atoms with Crippen LogP contribution >= 0.6 is 0 Å². The maximum Gasteiger partial charge on any atom is 0.162 e. The molecule has 0 saturated carbocycles. The number of hydrogen-bond donors (Lipinski definition) is 1. The van der Waals surface area contributed by atoms with E-state index in [0.717, 1.165) is 33.9 Å². The second-order valence-corrected chi connectivity index (χ2v) is 5.97. The van der Waals surface area contributed by atoms with Gasteiger partial charge in [0.2, 0.25) is 0 Å². The summed E-state index contributed by atoms with van der Waals surface area (Å²) in [5, 5.41) is 8.22. The first kappa shape index (κ1) is 16.1. The van der Waals surface area contributed by atoms with Gasteiger partial charge in [0.25, 0.3) is 0 Å². The Balaban J connectivity index is 1.66. The maximum absolute atomic E-state index is 13.9. The number of pyridine rings is 1. The molecule has 3 nitrogen and oxygen atoms in total. The van der Waals surface area contributed by atoms with Crippen LogP contribution in [0.2, 0.25) is 0 Å². The van der Waals surface area contributed by atoms with Crippen LogP contribution in [0.4, 0.5) is 8.78 Å². The lowest BCUT2D eigenvalue weighted by molar-refractivity contribution is 0.501. The Morgan fingerprint density at radius 2 is 1.88 bits per heavy atom. The molecule has 4 aromatic rings. The van der Waals surface area contributed by atoms with Gasteiger partial charge in [0, 0.05) is 18.0 Å².